The van der Waals surface area contributed by atoms with Gasteiger partial charge in [0.05, 0.1) is 23.0 Å². The van der Waals surface area contributed by atoms with Crippen LogP contribution in [0.1, 0.15) is 4.88 Å². The molecular formula is C17H18Cl2N2O2S. The van der Waals surface area contributed by atoms with Gasteiger partial charge in [0.1, 0.15) is 5.75 Å². The molecule has 0 aliphatic carbocycles. The van der Waals surface area contributed by atoms with Gasteiger partial charge in [0, 0.05) is 23.7 Å². The number of anilines is 1. The summed E-state index contributed by atoms with van der Waals surface area (Å²) in [6, 6.07) is 8.94. The Morgan fingerprint density at radius 2 is 2.17 bits per heavy atom. The molecule has 1 N–H and O–H groups in total. The van der Waals surface area contributed by atoms with Crippen LogP contribution in [0.5, 0.6) is 5.75 Å². The molecule has 0 unspecified atom stereocenters. The molecule has 0 saturated carbocycles. The molecular weight excluding hydrogens is 367 g/mol. The van der Waals surface area contributed by atoms with E-state index in [0.29, 0.717) is 29.5 Å². The number of benzene rings is 1. The number of rotatable bonds is 8. The average molecular weight is 385 g/mol. The number of amides is 1. The van der Waals surface area contributed by atoms with Gasteiger partial charge >= 0.3 is 0 Å². The number of carbonyl (C=O) groups is 1. The molecule has 128 valence electrons. The summed E-state index contributed by atoms with van der Waals surface area (Å²) < 4.78 is 5.83. The summed E-state index contributed by atoms with van der Waals surface area (Å²) in [5.41, 5.74) is 0.628. The first-order valence-corrected chi connectivity index (χ1v) is 8.80. The summed E-state index contributed by atoms with van der Waals surface area (Å²) in [5.74, 6) is 0.443. The fraction of sp³-hybridized carbons (Fsp3) is 0.235. The molecule has 7 heteroatoms. The fourth-order valence-electron chi connectivity index (χ4n) is 2.17. The van der Waals surface area contributed by atoms with E-state index in [1.54, 1.807) is 31.4 Å². The van der Waals surface area contributed by atoms with Gasteiger partial charge in [0.2, 0.25) is 5.91 Å². The molecule has 2 rings (SSSR count). The monoisotopic (exact) mass is 384 g/mol. The molecule has 0 radical (unpaired) electrons. The molecule has 0 bridgehead atoms. The molecule has 1 aromatic carbocycles. The van der Waals surface area contributed by atoms with E-state index in [9.17, 15) is 4.79 Å². The Kier molecular flexibility index (Phi) is 7.12. The zero-order valence-electron chi connectivity index (χ0n) is 13.2. The van der Waals surface area contributed by atoms with Gasteiger partial charge in [-0.3, -0.25) is 9.69 Å². The van der Waals surface area contributed by atoms with E-state index >= 15 is 0 Å². The van der Waals surface area contributed by atoms with Crippen molar-refractivity contribution in [3.63, 3.8) is 0 Å². The SMILES string of the molecule is C=CCN(CC(=O)Nc1ccc(OC)c(Cl)c1)Cc1ccc(Cl)s1. The van der Waals surface area contributed by atoms with Gasteiger partial charge in [-0.1, -0.05) is 29.3 Å². The first kappa shape index (κ1) is 18.8. The van der Waals surface area contributed by atoms with Crippen LogP contribution in [0.4, 0.5) is 5.69 Å². The molecule has 0 aliphatic rings. The Morgan fingerprint density at radius 1 is 1.38 bits per heavy atom. The average Bonchev–Trinajstić information content (AvgIpc) is 2.92. The highest BCUT2D eigenvalue weighted by Gasteiger charge is 2.12. The summed E-state index contributed by atoms with van der Waals surface area (Å²) in [5, 5.41) is 3.29. The Labute approximate surface area is 155 Å². The van der Waals surface area contributed by atoms with Crippen LogP contribution < -0.4 is 10.1 Å². The van der Waals surface area contributed by atoms with Gasteiger partial charge in [-0.15, -0.1) is 17.9 Å². The van der Waals surface area contributed by atoms with Crippen molar-refractivity contribution in [2.45, 2.75) is 6.54 Å². The molecule has 24 heavy (non-hydrogen) atoms. The molecule has 1 aromatic heterocycles. The van der Waals surface area contributed by atoms with E-state index in [1.165, 1.54) is 11.3 Å². The van der Waals surface area contributed by atoms with Crippen LogP contribution in [0.15, 0.2) is 43.0 Å². The van der Waals surface area contributed by atoms with Crippen molar-refractivity contribution in [2.75, 3.05) is 25.5 Å². The molecule has 1 amide bonds. The maximum absolute atomic E-state index is 12.3. The molecule has 0 atom stereocenters. The predicted octanol–water partition coefficient (Wildman–Crippen LogP) is 4.69. The number of methoxy groups -OCH3 is 1. The zero-order valence-corrected chi connectivity index (χ0v) is 15.5. The summed E-state index contributed by atoms with van der Waals surface area (Å²) in [4.78, 5) is 15.4. The van der Waals surface area contributed by atoms with Crippen molar-refractivity contribution in [3.05, 3.63) is 57.2 Å². The second-order valence-corrected chi connectivity index (χ2v) is 7.27. The van der Waals surface area contributed by atoms with Crippen LogP contribution in [0.3, 0.4) is 0 Å². The second kappa shape index (κ2) is 9.08. The molecule has 0 saturated heterocycles. The Balaban J connectivity index is 1.97. The van der Waals surface area contributed by atoms with E-state index in [4.69, 9.17) is 27.9 Å². The third-order valence-corrected chi connectivity index (χ3v) is 4.71. The van der Waals surface area contributed by atoms with Crippen LogP contribution in [0.25, 0.3) is 0 Å². The molecule has 0 aliphatic heterocycles. The lowest BCUT2D eigenvalue weighted by Crippen LogP contribution is -2.32. The highest BCUT2D eigenvalue weighted by atomic mass is 35.5. The normalized spacial score (nSPS) is 10.7. The van der Waals surface area contributed by atoms with E-state index in [0.717, 1.165) is 9.21 Å². The van der Waals surface area contributed by atoms with E-state index < -0.39 is 0 Å². The van der Waals surface area contributed by atoms with Crippen LogP contribution >= 0.6 is 34.5 Å². The Bertz CT molecular complexity index is 718. The van der Waals surface area contributed by atoms with E-state index in [-0.39, 0.29) is 12.5 Å². The first-order chi connectivity index (χ1) is 11.5. The van der Waals surface area contributed by atoms with Gasteiger partial charge < -0.3 is 10.1 Å². The topological polar surface area (TPSA) is 41.6 Å². The lowest BCUT2D eigenvalue weighted by molar-refractivity contribution is -0.117. The summed E-state index contributed by atoms with van der Waals surface area (Å²) >= 11 is 13.5. The van der Waals surface area contributed by atoms with Gasteiger partial charge in [0.15, 0.2) is 0 Å². The van der Waals surface area contributed by atoms with E-state index in [1.807, 2.05) is 17.0 Å². The number of nitrogens with one attached hydrogen (secondary N) is 1. The number of hydrogen-bond acceptors (Lipinski definition) is 4. The smallest absolute Gasteiger partial charge is 0.238 e. The predicted molar refractivity (Wildman–Crippen MR) is 101 cm³/mol. The molecule has 0 fully saturated rings. The van der Waals surface area contributed by atoms with Gasteiger partial charge in [0.25, 0.3) is 0 Å². The van der Waals surface area contributed by atoms with Gasteiger partial charge in [-0.2, -0.15) is 0 Å². The zero-order chi connectivity index (χ0) is 17.5. The summed E-state index contributed by atoms with van der Waals surface area (Å²) in [6.45, 7) is 5.23. The Hall–Kier alpha value is -1.53. The third kappa shape index (κ3) is 5.53. The summed E-state index contributed by atoms with van der Waals surface area (Å²) in [7, 11) is 1.55. The quantitative estimate of drug-likeness (QED) is 0.671. The maximum atomic E-state index is 12.3. The first-order valence-electron chi connectivity index (χ1n) is 7.22. The number of halogens is 2. The van der Waals surface area contributed by atoms with Crippen molar-refractivity contribution < 1.29 is 9.53 Å². The van der Waals surface area contributed by atoms with Crippen molar-refractivity contribution in [1.29, 1.82) is 0 Å². The second-order valence-electron chi connectivity index (χ2n) is 5.06. The number of carbonyl (C=O) groups excluding carboxylic acids is 1. The molecule has 2 aromatic rings. The largest absolute Gasteiger partial charge is 0.495 e. The summed E-state index contributed by atoms with van der Waals surface area (Å²) in [6.07, 6.45) is 1.77. The lowest BCUT2D eigenvalue weighted by atomic mass is 10.3. The highest BCUT2D eigenvalue weighted by molar-refractivity contribution is 7.16. The number of ether oxygens (including phenoxy) is 1. The van der Waals surface area contributed by atoms with Crippen molar-refractivity contribution in [2.24, 2.45) is 0 Å². The van der Waals surface area contributed by atoms with Crippen LogP contribution in [0.2, 0.25) is 9.36 Å². The highest BCUT2D eigenvalue weighted by Crippen LogP contribution is 2.27. The lowest BCUT2D eigenvalue weighted by Gasteiger charge is -2.19. The number of nitrogens with zero attached hydrogens (tertiary/aromatic N) is 1. The van der Waals surface area contributed by atoms with Gasteiger partial charge in [-0.25, -0.2) is 0 Å². The molecule has 0 spiro atoms. The van der Waals surface area contributed by atoms with Crippen LogP contribution in [-0.4, -0.2) is 31.0 Å². The third-order valence-electron chi connectivity index (χ3n) is 3.20. The fourth-order valence-corrected chi connectivity index (χ4v) is 3.56. The van der Waals surface area contributed by atoms with Crippen LogP contribution in [0, 0.1) is 0 Å². The molecule has 4 nitrogen and oxygen atoms in total. The molecule has 1 heterocycles. The number of thiophene rings is 1. The minimum atomic E-state index is -0.124. The van der Waals surface area contributed by atoms with Crippen molar-refractivity contribution in [3.8, 4) is 5.75 Å². The van der Waals surface area contributed by atoms with E-state index in [2.05, 4.69) is 11.9 Å². The Morgan fingerprint density at radius 3 is 2.75 bits per heavy atom. The van der Waals surface area contributed by atoms with Gasteiger partial charge in [-0.05, 0) is 30.3 Å². The van der Waals surface area contributed by atoms with Crippen molar-refractivity contribution >= 4 is 46.1 Å². The minimum Gasteiger partial charge on any atom is -0.495 e. The van der Waals surface area contributed by atoms with Crippen molar-refractivity contribution in [1.82, 2.24) is 4.90 Å². The number of hydrogen-bond donors (Lipinski definition) is 1. The van der Waals surface area contributed by atoms with Crippen LogP contribution in [-0.2, 0) is 11.3 Å². The maximum Gasteiger partial charge on any atom is 0.238 e. The minimum absolute atomic E-state index is 0.124. The standard InChI is InChI=1S/C17H18Cl2N2O2S/c1-3-8-21(10-13-5-7-16(19)24-13)11-17(22)20-12-4-6-15(23-2)14(18)9-12/h3-7,9H,1,8,10-11H2,2H3,(H,20,22).